The maximum absolute atomic E-state index is 12.0. The van der Waals surface area contributed by atoms with Crippen LogP contribution in [0.15, 0.2) is 24.3 Å². The predicted molar refractivity (Wildman–Crippen MR) is 85.1 cm³/mol. The van der Waals surface area contributed by atoms with Crippen LogP contribution >= 0.6 is 11.8 Å². The lowest BCUT2D eigenvalue weighted by atomic mass is 9.95. The summed E-state index contributed by atoms with van der Waals surface area (Å²) < 4.78 is 0. The van der Waals surface area contributed by atoms with Crippen molar-refractivity contribution in [3.05, 3.63) is 29.8 Å². The smallest absolute Gasteiger partial charge is 0.337 e. The van der Waals surface area contributed by atoms with Gasteiger partial charge in [0.1, 0.15) is 0 Å². The Morgan fingerprint density at radius 3 is 2.48 bits per heavy atom. The van der Waals surface area contributed by atoms with Gasteiger partial charge in [0.2, 0.25) is 0 Å². The summed E-state index contributed by atoms with van der Waals surface area (Å²) in [6, 6.07) is 6.23. The summed E-state index contributed by atoms with van der Waals surface area (Å²) in [6.45, 7) is 0. The number of nitrogens with one attached hydrogen (secondary N) is 2. The summed E-state index contributed by atoms with van der Waals surface area (Å²) in [5.41, 5.74) is 0.416. The second-order valence-electron chi connectivity index (χ2n) is 5.16. The van der Waals surface area contributed by atoms with Crippen molar-refractivity contribution in [2.24, 2.45) is 0 Å². The van der Waals surface area contributed by atoms with Crippen molar-refractivity contribution in [1.82, 2.24) is 5.32 Å². The van der Waals surface area contributed by atoms with E-state index in [1.165, 1.54) is 6.07 Å². The van der Waals surface area contributed by atoms with Gasteiger partial charge in [0.05, 0.1) is 11.3 Å². The molecule has 0 heterocycles. The van der Waals surface area contributed by atoms with Crippen LogP contribution in [0.3, 0.4) is 0 Å². The molecular formula is C15H20N2O3S. The molecule has 1 aliphatic carbocycles. The molecule has 1 aliphatic rings. The number of carboxylic acid groups (broad SMARTS) is 1. The first-order valence-electron chi connectivity index (χ1n) is 7.02. The average molecular weight is 308 g/mol. The first-order valence-corrected chi connectivity index (χ1v) is 8.31. The maximum atomic E-state index is 12.0. The lowest BCUT2D eigenvalue weighted by Crippen LogP contribution is -2.40. The highest BCUT2D eigenvalue weighted by Gasteiger charge is 2.22. The van der Waals surface area contributed by atoms with E-state index in [-0.39, 0.29) is 17.6 Å². The lowest BCUT2D eigenvalue weighted by molar-refractivity contribution is 0.0698. The molecule has 1 aromatic carbocycles. The van der Waals surface area contributed by atoms with Crippen molar-refractivity contribution in [2.75, 3.05) is 11.6 Å². The summed E-state index contributed by atoms with van der Waals surface area (Å²) in [5.74, 6) is -1.05. The number of carboxylic acids is 1. The zero-order valence-corrected chi connectivity index (χ0v) is 12.8. The van der Waals surface area contributed by atoms with E-state index in [1.54, 1.807) is 18.2 Å². The van der Waals surface area contributed by atoms with Crippen LogP contribution in [0.25, 0.3) is 0 Å². The zero-order chi connectivity index (χ0) is 15.2. The second kappa shape index (κ2) is 7.36. The number of hydrogen-bond acceptors (Lipinski definition) is 3. The molecule has 1 saturated carbocycles. The van der Waals surface area contributed by atoms with Gasteiger partial charge >= 0.3 is 12.0 Å². The van der Waals surface area contributed by atoms with Gasteiger partial charge in [0.25, 0.3) is 0 Å². The fourth-order valence-electron chi connectivity index (χ4n) is 2.57. The van der Waals surface area contributed by atoms with Crippen molar-refractivity contribution >= 4 is 29.4 Å². The summed E-state index contributed by atoms with van der Waals surface area (Å²) in [6.07, 6.45) is 6.28. The molecule has 0 aromatic heterocycles. The molecule has 0 aliphatic heterocycles. The highest BCUT2D eigenvalue weighted by Crippen LogP contribution is 2.26. The SMILES string of the molecule is CSC1CCC(NC(=O)Nc2ccccc2C(=O)O)CC1. The van der Waals surface area contributed by atoms with Gasteiger partial charge in [-0.15, -0.1) is 0 Å². The number of para-hydroxylation sites is 1. The standard InChI is InChI=1S/C15H20N2O3S/c1-21-11-8-6-10(7-9-11)16-15(20)17-13-5-3-2-4-12(13)14(18)19/h2-5,10-11H,6-9H2,1H3,(H,18,19)(H2,16,17,20). The number of amides is 2. The quantitative estimate of drug-likeness (QED) is 0.798. The number of aromatic carboxylic acids is 1. The molecule has 6 heteroatoms. The summed E-state index contributed by atoms with van der Waals surface area (Å²) in [7, 11) is 0. The van der Waals surface area contributed by atoms with Gasteiger partial charge in [-0.3, -0.25) is 0 Å². The molecule has 5 nitrogen and oxygen atoms in total. The minimum absolute atomic E-state index is 0.0961. The summed E-state index contributed by atoms with van der Waals surface area (Å²) in [4.78, 5) is 23.1. The van der Waals surface area contributed by atoms with Crippen LogP contribution in [0.4, 0.5) is 10.5 Å². The summed E-state index contributed by atoms with van der Waals surface area (Å²) >= 11 is 1.88. The third kappa shape index (κ3) is 4.39. The van der Waals surface area contributed by atoms with Gasteiger partial charge in [-0.1, -0.05) is 12.1 Å². The Kier molecular flexibility index (Phi) is 5.50. The number of hydrogen-bond donors (Lipinski definition) is 3. The maximum Gasteiger partial charge on any atom is 0.337 e. The van der Waals surface area contributed by atoms with Crippen LogP contribution in [0.2, 0.25) is 0 Å². The molecule has 0 spiro atoms. The van der Waals surface area contributed by atoms with Gasteiger partial charge in [-0.05, 0) is 44.1 Å². The van der Waals surface area contributed by atoms with Crippen LogP contribution in [-0.4, -0.2) is 34.7 Å². The van der Waals surface area contributed by atoms with Gasteiger partial charge in [-0.2, -0.15) is 11.8 Å². The first kappa shape index (κ1) is 15.7. The van der Waals surface area contributed by atoms with Crippen molar-refractivity contribution in [3.8, 4) is 0 Å². The Labute approximate surface area is 128 Å². The van der Waals surface area contributed by atoms with Crippen molar-refractivity contribution in [1.29, 1.82) is 0 Å². The largest absolute Gasteiger partial charge is 0.478 e. The van der Waals surface area contributed by atoms with Crippen LogP contribution < -0.4 is 10.6 Å². The number of urea groups is 1. The number of thioether (sulfide) groups is 1. The monoisotopic (exact) mass is 308 g/mol. The third-order valence-electron chi connectivity index (χ3n) is 3.75. The van der Waals surface area contributed by atoms with Gasteiger partial charge in [0, 0.05) is 11.3 Å². The normalized spacial score (nSPS) is 21.6. The number of carbonyl (C=O) groups excluding carboxylic acids is 1. The summed E-state index contributed by atoms with van der Waals surface area (Å²) in [5, 5.41) is 15.3. The van der Waals surface area contributed by atoms with E-state index < -0.39 is 5.97 Å². The van der Waals surface area contributed by atoms with E-state index in [2.05, 4.69) is 16.9 Å². The molecule has 0 unspecified atom stereocenters. The van der Waals surface area contributed by atoms with Gasteiger partial charge < -0.3 is 15.7 Å². The van der Waals surface area contributed by atoms with Crippen molar-refractivity contribution < 1.29 is 14.7 Å². The molecule has 3 N–H and O–H groups in total. The Balaban J connectivity index is 1.89. The van der Waals surface area contributed by atoms with Crippen LogP contribution in [0, 0.1) is 0 Å². The second-order valence-corrected chi connectivity index (χ2v) is 6.30. The van der Waals surface area contributed by atoms with Crippen LogP contribution in [0.1, 0.15) is 36.0 Å². The minimum atomic E-state index is -1.05. The van der Waals surface area contributed by atoms with E-state index in [0.717, 1.165) is 25.7 Å². The Morgan fingerprint density at radius 1 is 1.19 bits per heavy atom. The minimum Gasteiger partial charge on any atom is -0.478 e. The molecule has 1 fully saturated rings. The van der Waals surface area contributed by atoms with E-state index in [4.69, 9.17) is 5.11 Å². The highest BCUT2D eigenvalue weighted by atomic mass is 32.2. The highest BCUT2D eigenvalue weighted by molar-refractivity contribution is 7.99. The topological polar surface area (TPSA) is 78.4 Å². The van der Waals surface area contributed by atoms with E-state index in [9.17, 15) is 9.59 Å². The molecule has 2 amide bonds. The Bertz CT molecular complexity index is 513. The van der Waals surface area contributed by atoms with Crippen LogP contribution in [-0.2, 0) is 0 Å². The predicted octanol–water partition coefficient (Wildman–Crippen LogP) is 3.18. The molecule has 114 valence electrons. The van der Waals surface area contributed by atoms with E-state index >= 15 is 0 Å². The number of anilines is 1. The first-order chi connectivity index (χ1) is 10.1. The Hall–Kier alpha value is -1.69. The molecule has 0 bridgehead atoms. The fraction of sp³-hybridized carbons (Fsp3) is 0.467. The molecule has 2 rings (SSSR count). The molecule has 0 saturated heterocycles. The third-order valence-corrected chi connectivity index (χ3v) is 4.89. The number of benzene rings is 1. The average Bonchev–Trinajstić information content (AvgIpc) is 2.48. The van der Waals surface area contributed by atoms with Gasteiger partial charge in [0.15, 0.2) is 0 Å². The lowest BCUT2D eigenvalue weighted by Gasteiger charge is -2.28. The van der Waals surface area contributed by atoms with Crippen LogP contribution in [0.5, 0.6) is 0 Å². The fourth-order valence-corrected chi connectivity index (χ4v) is 3.31. The molecule has 0 radical (unpaired) electrons. The Morgan fingerprint density at radius 2 is 1.86 bits per heavy atom. The number of carbonyl (C=O) groups is 2. The zero-order valence-electron chi connectivity index (χ0n) is 12.0. The van der Waals surface area contributed by atoms with Crippen molar-refractivity contribution in [2.45, 2.75) is 37.0 Å². The van der Waals surface area contributed by atoms with E-state index in [1.807, 2.05) is 11.8 Å². The molecule has 21 heavy (non-hydrogen) atoms. The van der Waals surface area contributed by atoms with E-state index in [0.29, 0.717) is 10.9 Å². The molecule has 0 atom stereocenters. The van der Waals surface area contributed by atoms with Gasteiger partial charge in [-0.25, -0.2) is 9.59 Å². The van der Waals surface area contributed by atoms with Crippen molar-refractivity contribution in [3.63, 3.8) is 0 Å². The number of rotatable bonds is 4. The molecule has 1 aromatic rings. The molecular weight excluding hydrogens is 288 g/mol.